The molecule has 1 N–H and O–H groups in total. The van der Waals surface area contributed by atoms with Crippen LogP contribution in [0.4, 0.5) is 5.95 Å². The van der Waals surface area contributed by atoms with Gasteiger partial charge in [-0.15, -0.1) is 10.2 Å². The van der Waals surface area contributed by atoms with Crippen LogP contribution < -0.4 is 10.2 Å². The van der Waals surface area contributed by atoms with E-state index in [0.29, 0.717) is 18.3 Å². The van der Waals surface area contributed by atoms with Crippen molar-refractivity contribution >= 4 is 11.9 Å². The van der Waals surface area contributed by atoms with Gasteiger partial charge in [0.05, 0.1) is 12.6 Å². The Morgan fingerprint density at radius 2 is 1.93 bits per heavy atom. The lowest BCUT2D eigenvalue weighted by molar-refractivity contribution is 0.0884. The monoisotopic (exact) mass is 397 g/mol. The van der Waals surface area contributed by atoms with E-state index in [1.54, 1.807) is 0 Å². The van der Waals surface area contributed by atoms with Crippen LogP contribution in [0, 0.1) is 0 Å². The van der Waals surface area contributed by atoms with Gasteiger partial charge in [0, 0.05) is 25.7 Å². The Morgan fingerprint density at radius 3 is 2.59 bits per heavy atom. The van der Waals surface area contributed by atoms with Crippen LogP contribution >= 0.6 is 0 Å². The average Bonchev–Trinajstić information content (AvgIpc) is 3.39. The van der Waals surface area contributed by atoms with Crippen molar-refractivity contribution in [2.45, 2.75) is 64.1 Å². The molecule has 29 heavy (non-hydrogen) atoms. The van der Waals surface area contributed by atoms with Crippen LogP contribution in [0.25, 0.3) is 0 Å². The second-order valence-electron chi connectivity index (χ2n) is 8.37. The van der Waals surface area contributed by atoms with Gasteiger partial charge in [-0.2, -0.15) is 0 Å². The first-order valence-electron chi connectivity index (χ1n) is 10.8. The van der Waals surface area contributed by atoms with Crippen LogP contribution in [-0.2, 0) is 11.3 Å². The summed E-state index contributed by atoms with van der Waals surface area (Å²) in [5.74, 6) is 1.58. The molecule has 7 heteroatoms. The normalized spacial score (nSPS) is 20.4. The van der Waals surface area contributed by atoms with Crippen molar-refractivity contribution in [2.75, 3.05) is 24.6 Å². The van der Waals surface area contributed by atoms with E-state index in [-0.39, 0.29) is 18.1 Å². The van der Waals surface area contributed by atoms with Crippen LogP contribution in [0.5, 0.6) is 0 Å². The van der Waals surface area contributed by atoms with Gasteiger partial charge in [0.1, 0.15) is 0 Å². The van der Waals surface area contributed by atoms with Crippen LogP contribution in [0.3, 0.4) is 0 Å². The molecule has 2 aromatic rings. The zero-order valence-corrected chi connectivity index (χ0v) is 17.4. The summed E-state index contributed by atoms with van der Waals surface area (Å²) in [6.07, 6.45) is 4.35. The number of anilines is 1. The molecule has 156 valence electrons. The van der Waals surface area contributed by atoms with Gasteiger partial charge in [-0.3, -0.25) is 9.36 Å². The van der Waals surface area contributed by atoms with Gasteiger partial charge in [0.25, 0.3) is 5.91 Å². The van der Waals surface area contributed by atoms with Gasteiger partial charge in [-0.1, -0.05) is 30.3 Å². The topological polar surface area (TPSA) is 72.3 Å². The number of rotatable bonds is 6. The maximum absolute atomic E-state index is 12.7. The van der Waals surface area contributed by atoms with Crippen LogP contribution in [0.15, 0.2) is 30.3 Å². The molecule has 4 rings (SSSR count). The minimum atomic E-state index is -0.170. The fourth-order valence-corrected chi connectivity index (χ4v) is 4.32. The largest absolute Gasteiger partial charge is 0.376 e. The van der Waals surface area contributed by atoms with E-state index >= 15 is 0 Å². The molecular formula is C22H31N5O2. The van der Waals surface area contributed by atoms with Gasteiger partial charge in [0.15, 0.2) is 0 Å². The van der Waals surface area contributed by atoms with Crippen molar-refractivity contribution in [3.05, 3.63) is 41.7 Å². The van der Waals surface area contributed by atoms with Crippen molar-refractivity contribution < 1.29 is 9.53 Å². The van der Waals surface area contributed by atoms with E-state index in [1.165, 1.54) is 5.56 Å². The predicted molar refractivity (Wildman–Crippen MR) is 112 cm³/mol. The van der Waals surface area contributed by atoms with E-state index in [0.717, 1.165) is 51.3 Å². The summed E-state index contributed by atoms with van der Waals surface area (Å²) in [6.45, 7) is 7.14. The first kappa shape index (κ1) is 19.9. The number of carbonyl (C=O) groups excluding carboxylic acids is 1. The number of hydrogen-bond acceptors (Lipinski definition) is 5. The molecule has 1 atom stereocenters. The van der Waals surface area contributed by atoms with Crippen molar-refractivity contribution in [1.29, 1.82) is 0 Å². The Morgan fingerprint density at radius 1 is 1.17 bits per heavy atom. The van der Waals surface area contributed by atoms with E-state index < -0.39 is 0 Å². The quantitative estimate of drug-likeness (QED) is 0.811. The molecule has 0 saturated carbocycles. The third kappa shape index (κ3) is 4.61. The summed E-state index contributed by atoms with van der Waals surface area (Å²) in [7, 11) is 0. The molecule has 1 amide bonds. The highest BCUT2D eigenvalue weighted by Gasteiger charge is 2.29. The molecule has 0 unspecified atom stereocenters. The summed E-state index contributed by atoms with van der Waals surface area (Å²) >= 11 is 0. The zero-order chi connectivity index (χ0) is 20.2. The van der Waals surface area contributed by atoms with Gasteiger partial charge in [-0.05, 0) is 51.0 Å². The predicted octanol–water partition coefficient (Wildman–Crippen LogP) is 2.98. The molecule has 0 spiro atoms. The van der Waals surface area contributed by atoms with Crippen LogP contribution in [0.1, 0.15) is 61.6 Å². The second kappa shape index (κ2) is 8.95. The van der Waals surface area contributed by atoms with E-state index in [2.05, 4.69) is 50.7 Å². The van der Waals surface area contributed by atoms with Crippen LogP contribution in [-0.4, -0.2) is 52.5 Å². The molecule has 3 heterocycles. The van der Waals surface area contributed by atoms with Crippen LogP contribution in [0.2, 0.25) is 0 Å². The van der Waals surface area contributed by atoms with E-state index in [1.807, 2.05) is 18.4 Å². The number of carbonyl (C=O) groups is 1. The molecule has 2 fully saturated rings. The Bertz CT molecular complexity index is 806. The number of aromatic nitrogens is 3. The molecule has 2 aliphatic rings. The fourth-order valence-electron chi connectivity index (χ4n) is 4.32. The smallest absolute Gasteiger partial charge is 0.289 e. The lowest BCUT2D eigenvalue weighted by Crippen LogP contribution is -2.37. The van der Waals surface area contributed by atoms with Gasteiger partial charge < -0.3 is 15.0 Å². The number of ether oxygens (including phenoxy) is 1. The summed E-state index contributed by atoms with van der Waals surface area (Å²) in [6, 6.07) is 10.8. The van der Waals surface area contributed by atoms with Gasteiger partial charge in [0.2, 0.25) is 11.8 Å². The zero-order valence-electron chi connectivity index (χ0n) is 17.4. The number of hydrogen-bond donors (Lipinski definition) is 1. The lowest BCUT2D eigenvalue weighted by Gasteiger charge is -2.33. The van der Waals surface area contributed by atoms with Crippen molar-refractivity contribution in [3.8, 4) is 0 Å². The highest BCUT2D eigenvalue weighted by Crippen LogP contribution is 2.30. The third-order valence-electron chi connectivity index (χ3n) is 5.81. The highest BCUT2D eigenvalue weighted by atomic mass is 16.5. The molecule has 2 aliphatic heterocycles. The van der Waals surface area contributed by atoms with Crippen molar-refractivity contribution in [3.63, 3.8) is 0 Å². The average molecular weight is 398 g/mol. The molecule has 1 aromatic heterocycles. The summed E-state index contributed by atoms with van der Waals surface area (Å²) in [5.41, 5.74) is 1.41. The number of nitrogens with one attached hydrogen (secondary N) is 1. The summed E-state index contributed by atoms with van der Waals surface area (Å²) in [4.78, 5) is 15.0. The SMILES string of the molecule is CC(C)NC(=O)c1nnc(N2CCC(c3ccccc3)CC2)n1C[C@@H]1CCCO1. The van der Waals surface area contributed by atoms with Gasteiger partial charge >= 0.3 is 0 Å². The Balaban J connectivity index is 1.51. The maximum Gasteiger partial charge on any atom is 0.289 e. The van der Waals surface area contributed by atoms with Gasteiger partial charge in [-0.25, -0.2) is 0 Å². The number of amides is 1. The second-order valence-corrected chi connectivity index (χ2v) is 8.37. The van der Waals surface area contributed by atoms with E-state index in [4.69, 9.17) is 4.74 Å². The first-order valence-corrected chi connectivity index (χ1v) is 10.8. The number of benzene rings is 1. The number of piperidine rings is 1. The molecule has 0 aliphatic carbocycles. The van der Waals surface area contributed by atoms with E-state index in [9.17, 15) is 4.79 Å². The third-order valence-corrected chi connectivity index (χ3v) is 5.81. The highest BCUT2D eigenvalue weighted by molar-refractivity contribution is 5.91. The Labute approximate surface area is 172 Å². The maximum atomic E-state index is 12.7. The Kier molecular flexibility index (Phi) is 6.13. The molecule has 0 bridgehead atoms. The minimum Gasteiger partial charge on any atom is -0.376 e. The standard InChI is InChI=1S/C22H31N5O2/c1-16(2)23-21(28)20-24-25-22(27(20)15-19-9-6-14-29-19)26-12-10-18(11-13-26)17-7-4-3-5-8-17/h3-5,7-8,16,18-19H,6,9-15H2,1-2H3,(H,23,28)/t19-/m0/s1. The first-order chi connectivity index (χ1) is 14.1. The molecular weight excluding hydrogens is 366 g/mol. The molecule has 2 saturated heterocycles. The van der Waals surface area contributed by atoms with Crippen molar-refractivity contribution in [1.82, 2.24) is 20.1 Å². The molecule has 1 aromatic carbocycles. The summed E-state index contributed by atoms with van der Waals surface area (Å²) in [5, 5.41) is 11.6. The van der Waals surface area contributed by atoms with Crippen molar-refractivity contribution in [2.24, 2.45) is 0 Å². The lowest BCUT2D eigenvalue weighted by atomic mass is 9.90. The summed E-state index contributed by atoms with van der Waals surface area (Å²) < 4.78 is 7.80. The fraction of sp³-hybridized carbons (Fsp3) is 0.591. The number of nitrogens with zero attached hydrogens (tertiary/aromatic N) is 4. The Hall–Kier alpha value is -2.41. The molecule has 7 nitrogen and oxygen atoms in total. The molecule has 0 radical (unpaired) electrons. The minimum absolute atomic E-state index is 0.0560.